The Bertz CT molecular complexity index is 3100. The first-order chi connectivity index (χ1) is 25.7. The van der Waals surface area contributed by atoms with E-state index in [9.17, 15) is 0 Å². The molecular weight excluding hydrogens is 633 g/mol. The second-order valence-electron chi connectivity index (χ2n) is 13.5. The lowest BCUT2D eigenvalue weighted by Crippen LogP contribution is -1.97. The number of nitrogens with one attached hydrogen (secondary N) is 1. The van der Waals surface area contributed by atoms with Gasteiger partial charge in [-0.25, -0.2) is 9.97 Å². The summed E-state index contributed by atoms with van der Waals surface area (Å²) in [6, 6.07) is 62.6. The number of hydrogen-bond donors (Lipinski definition) is 1. The van der Waals surface area contributed by atoms with Crippen molar-refractivity contribution in [3.05, 3.63) is 176 Å². The maximum atomic E-state index is 5.08. The van der Waals surface area contributed by atoms with Crippen LogP contribution in [0, 0.1) is 0 Å². The first kappa shape index (κ1) is 28.8. The molecule has 4 nitrogen and oxygen atoms in total. The standard InChI is InChI=1S/C48H30N4/c1-3-11-30(12-4-1)41-29-42(31-13-5-2-6-14-31)51-48(50-41)32-19-21-37(22-20-32)52-44-24-23-40-46(38-25-33-15-7-9-17-35(33)27-43(38)49-40)47(44)39-26-34-16-8-10-18-36(34)28-45(39)52/h1-29,49H. The molecule has 0 aliphatic carbocycles. The number of aromatic nitrogens is 4. The molecule has 0 fully saturated rings. The van der Waals surface area contributed by atoms with Crippen molar-refractivity contribution in [1.82, 2.24) is 19.5 Å². The fraction of sp³-hybridized carbons (Fsp3) is 0. The normalized spacial score (nSPS) is 11.8. The highest BCUT2D eigenvalue weighted by Gasteiger charge is 2.19. The van der Waals surface area contributed by atoms with Crippen molar-refractivity contribution in [1.29, 1.82) is 0 Å². The van der Waals surface area contributed by atoms with Gasteiger partial charge in [0.15, 0.2) is 5.82 Å². The molecule has 3 aromatic heterocycles. The summed E-state index contributed by atoms with van der Waals surface area (Å²) in [4.78, 5) is 13.9. The zero-order valence-electron chi connectivity index (χ0n) is 28.1. The summed E-state index contributed by atoms with van der Waals surface area (Å²) in [5, 5.41) is 9.93. The van der Waals surface area contributed by atoms with E-state index in [4.69, 9.17) is 9.97 Å². The molecule has 11 aromatic rings. The van der Waals surface area contributed by atoms with Crippen molar-refractivity contribution in [3.63, 3.8) is 0 Å². The summed E-state index contributed by atoms with van der Waals surface area (Å²) in [5.41, 5.74) is 10.6. The summed E-state index contributed by atoms with van der Waals surface area (Å²) >= 11 is 0. The second-order valence-corrected chi connectivity index (χ2v) is 13.5. The van der Waals surface area contributed by atoms with E-state index in [1.165, 1.54) is 54.1 Å². The van der Waals surface area contributed by atoms with Crippen molar-refractivity contribution < 1.29 is 0 Å². The minimum absolute atomic E-state index is 0.702. The van der Waals surface area contributed by atoms with E-state index >= 15 is 0 Å². The first-order valence-corrected chi connectivity index (χ1v) is 17.7. The number of fused-ring (bicyclic) bond motifs is 9. The number of hydrogen-bond acceptors (Lipinski definition) is 2. The van der Waals surface area contributed by atoms with Crippen LogP contribution in [0.5, 0.6) is 0 Å². The highest BCUT2D eigenvalue weighted by molar-refractivity contribution is 6.30. The fourth-order valence-corrected chi connectivity index (χ4v) is 8.00. The Morgan fingerprint density at radius 1 is 0.385 bits per heavy atom. The Balaban J connectivity index is 1.14. The number of aromatic amines is 1. The molecule has 0 spiro atoms. The van der Waals surface area contributed by atoms with Crippen LogP contribution in [0.25, 0.3) is 105 Å². The molecule has 0 aliphatic heterocycles. The van der Waals surface area contributed by atoms with E-state index in [1.54, 1.807) is 0 Å². The van der Waals surface area contributed by atoms with Gasteiger partial charge >= 0.3 is 0 Å². The molecule has 52 heavy (non-hydrogen) atoms. The molecule has 4 heteroatoms. The van der Waals surface area contributed by atoms with Crippen LogP contribution < -0.4 is 0 Å². The maximum Gasteiger partial charge on any atom is 0.160 e. The number of H-pyrrole nitrogens is 1. The average Bonchev–Trinajstić information content (AvgIpc) is 3.73. The Labute approximate surface area is 299 Å². The maximum absolute atomic E-state index is 5.08. The molecule has 0 amide bonds. The summed E-state index contributed by atoms with van der Waals surface area (Å²) in [6.45, 7) is 0. The van der Waals surface area contributed by atoms with E-state index in [0.717, 1.165) is 44.8 Å². The summed E-state index contributed by atoms with van der Waals surface area (Å²) in [7, 11) is 0. The van der Waals surface area contributed by atoms with Gasteiger partial charge in [0.25, 0.3) is 0 Å². The van der Waals surface area contributed by atoms with Gasteiger partial charge in [0, 0.05) is 55.0 Å². The molecule has 0 aliphatic rings. The monoisotopic (exact) mass is 662 g/mol. The van der Waals surface area contributed by atoms with E-state index in [2.05, 4.69) is 173 Å². The van der Waals surface area contributed by atoms with Gasteiger partial charge in [0.2, 0.25) is 0 Å². The number of benzene rings is 8. The average molecular weight is 663 g/mol. The smallest absolute Gasteiger partial charge is 0.160 e. The third-order valence-corrected chi connectivity index (χ3v) is 10.5. The van der Waals surface area contributed by atoms with Gasteiger partial charge in [-0.1, -0.05) is 109 Å². The fourth-order valence-electron chi connectivity index (χ4n) is 8.00. The molecule has 242 valence electrons. The predicted octanol–water partition coefficient (Wildman–Crippen LogP) is 12.5. The van der Waals surface area contributed by atoms with Crippen molar-refractivity contribution in [2.45, 2.75) is 0 Å². The van der Waals surface area contributed by atoms with Crippen molar-refractivity contribution in [3.8, 4) is 39.6 Å². The molecule has 1 N–H and O–H groups in total. The lowest BCUT2D eigenvalue weighted by molar-refractivity contribution is 1.16. The van der Waals surface area contributed by atoms with Crippen LogP contribution in [-0.4, -0.2) is 19.5 Å². The lowest BCUT2D eigenvalue weighted by atomic mass is 10.0. The highest BCUT2D eigenvalue weighted by atomic mass is 15.0. The minimum Gasteiger partial charge on any atom is -0.354 e. The quantitative estimate of drug-likeness (QED) is 0.204. The lowest BCUT2D eigenvalue weighted by Gasteiger charge is -2.11. The molecule has 0 radical (unpaired) electrons. The molecule has 0 saturated carbocycles. The van der Waals surface area contributed by atoms with Crippen LogP contribution >= 0.6 is 0 Å². The van der Waals surface area contributed by atoms with Crippen LogP contribution in [0.15, 0.2) is 176 Å². The van der Waals surface area contributed by atoms with Crippen LogP contribution in [0.4, 0.5) is 0 Å². The van der Waals surface area contributed by atoms with Crippen molar-refractivity contribution >= 4 is 65.2 Å². The van der Waals surface area contributed by atoms with Crippen molar-refractivity contribution in [2.75, 3.05) is 0 Å². The Morgan fingerprint density at radius 2 is 0.942 bits per heavy atom. The topological polar surface area (TPSA) is 46.5 Å². The summed E-state index contributed by atoms with van der Waals surface area (Å²) in [5.74, 6) is 0.702. The molecule has 3 heterocycles. The Hall–Kier alpha value is -7.04. The van der Waals surface area contributed by atoms with Gasteiger partial charge in [0.05, 0.1) is 22.4 Å². The molecule has 0 unspecified atom stereocenters. The van der Waals surface area contributed by atoms with E-state index in [1.807, 2.05) is 12.1 Å². The van der Waals surface area contributed by atoms with Gasteiger partial charge in [-0.05, 0) is 88.3 Å². The molecule has 0 bridgehead atoms. The zero-order chi connectivity index (χ0) is 34.2. The zero-order valence-corrected chi connectivity index (χ0v) is 28.1. The number of rotatable bonds is 4. The second kappa shape index (κ2) is 11.2. The van der Waals surface area contributed by atoms with Crippen LogP contribution in [0.1, 0.15) is 0 Å². The third kappa shape index (κ3) is 4.48. The largest absolute Gasteiger partial charge is 0.354 e. The van der Waals surface area contributed by atoms with Gasteiger partial charge in [-0.3, -0.25) is 0 Å². The van der Waals surface area contributed by atoms with Gasteiger partial charge in [-0.2, -0.15) is 0 Å². The first-order valence-electron chi connectivity index (χ1n) is 17.7. The molecular formula is C48H30N4. The van der Waals surface area contributed by atoms with E-state index in [0.29, 0.717) is 5.82 Å². The third-order valence-electron chi connectivity index (χ3n) is 10.5. The molecule has 0 saturated heterocycles. The molecule has 11 rings (SSSR count). The number of nitrogens with zero attached hydrogens (tertiary/aromatic N) is 3. The predicted molar refractivity (Wildman–Crippen MR) is 217 cm³/mol. The Kier molecular flexibility index (Phi) is 6.22. The van der Waals surface area contributed by atoms with Crippen LogP contribution in [-0.2, 0) is 0 Å². The minimum atomic E-state index is 0.702. The highest BCUT2D eigenvalue weighted by Crippen LogP contribution is 2.42. The van der Waals surface area contributed by atoms with Crippen LogP contribution in [0.3, 0.4) is 0 Å². The SMILES string of the molecule is c1ccc(-c2cc(-c3ccccc3)nc(-c3ccc(-n4c5cc6ccccc6cc5c5c6c(ccc54)[nH]c4cc5ccccc5cc46)cc3)n2)cc1. The Morgan fingerprint density at radius 3 is 1.58 bits per heavy atom. The van der Waals surface area contributed by atoms with Crippen LogP contribution in [0.2, 0.25) is 0 Å². The van der Waals surface area contributed by atoms with E-state index in [-0.39, 0.29) is 0 Å². The van der Waals surface area contributed by atoms with Gasteiger partial charge < -0.3 is 9.55 Å². The van der Waals surface area contributed by atoms with Gasteiger partial charge in [-0.15, -0.1) is 0 Å². The van der Waals surface area contributed by atoms with Crippen molar-refractivity contribution in [2.24, 2.45) is 0 Å². The summed E-state index contributed by atoms with van der Waals surface area (Å²) in [6.07, 6.45) is 0. The van der Waals surface area contributed by atoms with Gasteiger partial charge in [0.1, 0.15) is 0 Å². The summed E-state index contributed by atoms with van der Waals surface area (Å²) < 4.78 is 2.41. The van der Waals surface area contributed by atoms with E-state index < -0.39 is 0 Å². The molecule has 8 aromatic carbocycles. The molecule has 0 atom stereocenters.